The molecule has 0 N–H and O–H groups in total. The van der Waals surface area contributed by atoms with Crippen LogP contribution in [0.4, 0.5) is 0 Å². The van der Waals surface area contributed by atoms with Crippen molar-refractivity contribution < 1.29 is 19.0 Å². The second-order valence-electron chi connectivity index (χ2n) is 3.81. The smallest absolute Gasteiger partial charge is 0.169 e. The Labute approximate surface area is 111 Å². The van der Waals surface area contributed by atoms with Crippen LogP contribution < -0.4 is 14.2 Å². The number of rotatable bonds is 5. The van der Waals surface area contributed by atoms with E-state index in [1.165, 1.54) is 0 Å². The van der Waals surface area contributed by atoms with Crippen molar-refractivity contribution in [1.29, 1.82) is 0 Å². The molecular weight excluding hydrogens is 244 g/mol. The van der Waals surface area contributed by atoms with Gasteiger partial charge in [-0.05, 0) is 36.4 Å². The fourth-order valence-electron chi connectivity index (χ4n) is 1.60. The maximum atomic E-state index is 10.6. The zero-order valence-corrected chi connectivity index (χ0v) is 10.8. The van der Waals surface area contributed by atoms with Crippen LogP contribution in [0.2, 0.25) is 0 Å². The van der Waals surface area contributed by atoms with E-state index >= 15 is 0 Å². The van der Waals surface area contributed by atoms with E-state index in [0.717, 1.165) is 6.29 Å². The van der Waals surface area contributed by atoms with Gasteiger partial charge in [-0.25, -0.2) is 0 Å². The van der Waals surface area contributed by atoms with Gasteiger partial charge in [-0.3, -0.25) is 4.79 Å². The molecule has 0 aliphatic carbocycles. The Morgan fingerprint density at radius 1 is 0.842 bits per heavy atom. The van der Waals surface area contributed by atoms with Gasteiger partial charge in [0, 0.05) is 11.6 Å². The standard InChI is InChI=1S/C15H14O4/c1-17-13-7-8-14(15(9-13)18-2)19-12-5-3-11(10-16)4-6-12/h3-10H,1-2H3. The van der Waals surface area contributed by atoms with Crippen LogP contribution in [-0.4, -0.2) is 20.5 Å². The number of carbonyl (C=O) groups excluding carboxylic acids is 1. The Hall–Kier alpha value is -2.49. The van der Waals surface area contributed by atoms with Crippen LogP contribution in [-0.2, 0) is 0 Å². The normalized spacial score (nSPS) is 9.79. The van der Waals surface area contributed by atoms with E-state index < -0.39 is 0 Å². The largest absolute Gasteiger partial charge is 0.497 e. The fourth-order valence-corrected chi connectivity index (χ4v) is 1.60. The van der Waals surface area contributed by atoms with Crippen molar-refractivity contribution in [2.75, 3.05) is 14.2 Å². The molecule has 98 valence electrons. The van der Waals surface area contributed by atoms with Crippen LogP contribution in [0.3, 0.4) is 0 Å². The van der Waals surface area contributed by atoms with Gasteiger partial charge >= 0.3 is 0 Å². The molecule has 0 saturated carbocycles. The third-order valence-electron chi connectivity index (χ3n) is 2.61. The highest BCUT2D eigenvalue weighted by atomic mass is 16.5. The minimum atomic E-state index is 0.582. The lowest BCUT2D eigenvalue weighted by molar-refractivity contribution is 0.112. The van der Waals surface area contributed by atoms with Crippen LogP contribution in [0, 0.1) is 0 Å². The third-order valence-corrected chi connectivity index (χ3v) is 2.61. The fraction of sp³-hybridized carbons (Fsp3) is 0.133. The number of hydrogen-bond donors (Lipinski definition) is 0. The Morgan fingerprint density at radius 3 is 2.11 bits per heavy atom. The van der Waals surface area contributed by atoms with Gasteiger partial charge in [0.1, 0.15) is 17.8 Å². The first-order valence-corrected chi connectivity index (χ1v) is 5.72. The van der Waals surface area contributed by atoms with Crippen LogP contribution in [0.1, 0.15) is 10.4 Å². The lowest BCUT2D eigenvalue weighted by atomic mass is 10.2. The van der Waals surface area contributed by atoms with E-state index in [1.54, 1.807) is 56.7 Å². The van der Waals surface area contributed by atoms with Crippen molar-refractivity contribution in [2.24, 2.45) is 0 Å². The quantitative estimate of drug-likeness (QED) is 0.772. The summed E-state index contributed by atoms with van der Waals surface area (Å²) in [6.45, 7) is 0. The van der Waals surface area contributed by atoms with Gasteiger partial charge in [-0.2, -0.15) is 0 Å². The number of benzene rings is 2. The molecule has 0 spiro atoms. The summed E-state index contributed by atoms with van der Waals surface area (Å²) in [7, 11) is 3.16. The summed E-state index contributed by atoms with van der Waals surface area (Å²) in [5, 5.41) is 0. The Kier molecular flexibility index (Phi) is 4.03. The van der Waals surface area contributed by atoms with Gasteiger partial charge in [0.25, 0.3) is 0 Å². The lowest BCUT2D eigenvalue weighted by Crippen LogP contribution is -1.92. The minimum absolute atomic E-state index is 0.582. The number of carbonyl (C=O) groups is 1. The molecular formula is C15H14O4. The van der Waals surface area contributed by atoms with Crippen molar-refractivity contribution in [2.45, 2.75) is 0 Å². The second-order valence-corrected chi connectivity index (χ2v) is 3.81. The molecule has 0 aliphatic rings. The van der Waals surface area contributed by atoms with Crippen LogP contribution >= 0.6 is 0 Å². The van der Waals surface area contributed by atoms with Crippen molar-refractivity contribution in [3.8, 4) is 23.0 Å². The van der Waals surface area contributed by atoms with Crippen molar-refractivity contribution in [3.05, 3.63) is 48.0 Å². The molecule has 2 rings (SSSR count). The van der Waals surface area contributed by atoms with E-state index in [-0.39, 0.29) is 0 Å². The maximum absolute atomic E-state index is 10.6. The van der Waals surface area contributed by atoms with Gasteiger partial charge < -0.3 is 14.2 Å². The number of ether oxygens (including phenoxy) is 3. The van der Waals surface area contributed by atoms with Crippen molar-refractivity contribution in [3.63, 3.8) is 0 Å². The first-order chi connectivity index (χ1) is 9.26. The molecule has 4 heteroatoms. The highest BCUT2D eigenvalue weighted by Gasteiger charge is 2.07. The minimum Gasteiger partial charge on any atom is -0.497 e. The molecule has 0 unspecified atom stereocenters. The molecule has 0 fully saturated rings. The summed E-state index contributed by atoms with van der Waals surface area (Å²) in [5.74, 6) is 2.50. The first kappa shape index (κ1) is 13.0. The average molecular weight is 258 g/mol. The molecule has 0 bridgehead atoms. The molecule has 0 heterocycles. The monoisotopic (exact) mass is 258 g/mol. The molecule has 0 atom stereocenters. The first-order valence-electron chi connectivity index (χ1n) is 5.72. The Bertz CT molecular complexity index is 561. The number of methoxy groups -OCH3 is 2. The van der Waals surface area contributed by atoms with Gasteiger partial charge in [-0.15, -0.1) is 0 Å². The van der Waals surface area contributed by atoms with Gasteiger partial charge in [0.15, 0.2) is 11.5 Å². The number of hydrogen-bond acceptors (Lipinski definition) is 4. The second kappa shape index (κ2) is 5.91. The van der Waals surface area contributed by atoms with E-state index in [1.807, 2.05) is 0 Å². The zero-order chi connectivity index (χ0) is 13.7. The van der Waals surface area contributed by atoms with Crippen molar-refractivity contribution >= 4 is 6.29 Å². The molecule has 2 aromatic carbocycles. The molecule has 0 radical (unpaired) electrons. The lowest BCUT2D eigenvalue weighted by Gasteiger charge is -2.11. The maximum Gasteiger partial charge on any atom is 0.169 e. The zero-order valence-electron chi connectivity index (χ0n) is 10.8. The van der Waals surface area contributed by atoms with E-state index in [0.29, 0.717) is 28.6 Å². The van der Waals surface area contributed by atoms with Crippen LogP contribution in [0.5, 0.6) is 23.0 Å². The van der Waals surface area contributed by atoms with Gasteiger partial charge in [-0.1, -0.05) is 0 Å². The van der Waals surface area contributed by atoms with E-state index in [2.05, 4.69) is 0 Å². The van der Waals surface area contributed by atoms with Gasteiger partial charge in [0.05, 0.1) is 14.2 Å². The van der Waals surface area contributed by atoms with E-state index in [4.69, 9.17) is 14.2 Å². The molecule has 4 nitrogen and oxygen atoms in total. The summed E-state index contributed by atoms with van der Waals surface area (Å²) in [6, 6.07) is 12.1. The summed E-state index contributed by atoms with van der Waals surface area (Å²) in [5.41, 5.74) is 0.606. The van der Waals surface area contributed by atoms with E-state index in [9.17, 15) is 4.79 Å². The predicted molar refractivity (Wildman–Crippen MR) is 71.4 cm³/mol. The van der Waals surface area contributed by atoms with Crippen LogP contribution in [0.25, 0.3) is 0 Å². The Balaban J connectivity index is 2.24. The summed E-state index contributed by atoms with van der Waals surface area (Å²) >= 11 is 0. The summed E-state index contributed by atoms with van der Waals surface area (Å²) in [4.78, 5) is 10.6. The summed E-state index contributed by atoms with van der Waals surface area (Å²) < 4.78 is 16.1. The Morgan fingerprint density at radius 2 is 1.53 bits per heavy atom. The third kappa shape index (κ3) is 3.04. The average Bonchev–Trinajstić information content (AvgIpc) is 2.48. The molecule has 0 saturated heterocycles. The molecule has 0 aliphatic heterocycles. The SMILES string of the molecule is COc1ccc(Oc2ccc(C=O)cc2)c(OC)c1. The number of aldehydes is 1. The topological polar surface area (TPSA) is 44.8 Å². The summed E-state index contributed by atoms with van der Waals surface area (Å²) in [6.07, 6.45) is 0.789. The van der Waals surface area contributed by atoms with Crippen LogP contribution in [0.15, 0.2) is 42.5 Å². The van der Waals surface area contributed by atoms with Gasteiger partial charge in [0.2, 0.25) is 0 Å². The molecule has 19 heavy (non-hydrogen) atoms. The highest BCUT2D eigenvalue weighted by Crippen LogP contribution is 2.34. The molecule has 0 amide bonds. The van der Waals surface area contributed by atoms with Crippen molar-refractivity contribution in [1.82, 2.24) is 0 Å². The molecule has 0 aromatic heterocycles. The molecule has 2 aromatic rings. The predicted octanol–water partition coefficient (Wildman–Crippen LogP) is 3.31. The highest BCUT2D eigenvalue weighted by molar-refractivity contribution is 5.74.